The third-order valence-corrected chi connectivity index (χ3v) is 4.44. The second-order valence-corrected chi connectivity index (χ2v) is 6.60. The summed E-state index contributed by atoms with van der Waals surface area (Å²) in [5, 5.41) is 18.7. The summed E-state index contributed by atoms with van der Waals surface area (Å²) in [6, 6.07) is 0. The van der Waals surface area contributed by atoms with E-state index in [-0.39, 0.29) is 11.1 Å². The van der Waals surface area contributed by atoms with Crippen molar-refractivity contribution >= 4 is 11.9 Å². The molecule has 24 heavy (non-hydrogen) atoms. The maximum Gasteiger partial charge on any atom is 0.332 e. The standard InChI is InChI=1S/C20H36O4/c1-3-5-7-9-10-11-12-14-16-18(20(23)24)17(19(21)22)15-13-8-6-4-2/h3-16H2,1-2H3,(H,21,22)(H,23,24)/b18-17-. The van der Waals surface area contributed by atoms with Crippen molar-refractivity contribution < 1.29 is 19.8 Å². The maximum atomic E-state index is 11.5. The number of hydrogen-bond donors (Lipinski definition) is 2. The largest absolute Gasteiger partial charge is 0.478 e. The Balaban J connectivity index is 4.34. The highest BCUT2D eigenvalue weighted by molar-refractivity contribution is 5.98. The second-order valence-electron chi connectivity index (χ2n) is 6.60. The zero-order valence-corrected chi connectivity index (χ0v) is 15.6. The van der Waals surface area contributed by atoms with Crippen molar-refractivity contribution in [1.29, 1.82) is 0 Å². The van der Waals surface area contributed by atoms with Crippen molar-refractivity contribution in [1.82, 2.24) is 0 Å². The Morgan fingerprint density at radius 3 is 1.17 bits per heavy atom. The molecule has 0 fully saturated rings. The Bertz CT molecular complexity index is 385. The molecule has 0 saturated carbocycles. The number of carboxylic acids is 2. The predicted molar refractivity (Wildman–Crippen MR) is 98.3 cm³/mol. The summed E-state index contributed by atoms with van der Waals surface area (Å²) < 4.78 is 0. The number of aliphatic carboxylic acids is 2. The monoisotopic (exact) mass is 340 g/mol. The molecule has 0 unspecified atom stereocenters. The van der Waals surface area contributed by atoms with Crippen LogP contribution in [-0.4, -0.2) is 22.2 Å². The molecule has 0 aliphatic rings. The van der Waals surface area contributed by atoms with E-state index in [0.717, 1.165) is 44.9 Å². The third kappa shape index (κ3) is 11.3. The zero-order valence-electron chi connectivity index (χ0n) is 15.6. The molecule has 0 bridgehead atoms. The quantitative estimate of drug-likeness (QED) is 0.269. The van der Waals surface area contributed by atoms with Gasteiger partial charge in [-0.2, -0.15) is 0 Å². The maximum absolute atomic E-state index is 11.5. The van der Waals surface area contributed by atoms with E-state index in [1.807, 2.05) is 0 Å². The molecule has 2 N–H and O–H groups in total. The first-order valence-electron chi connectivity index (χ1n) is 9.73. The molecule has 0 aromatic heterocycles. The van der Waals surface area contributed by atoms with Gasteiger partial charge in [0.1, 0.15) is 0 Å². The molecule has 0 spiro atoms. The molecule has 0 aromatic carbocycles. The fraction of sp³-hybridized carbons (Fsp3) is 0.800. The van der Waals surface area contributed by atoms with E-state index >= 15 is 0 Å². The van der Waals surface area contributed by atoms with Crippen molar-refractivity contribution in [2.75, 3.05) is 0 Å². The molecule has 0 radical (unpaired) electrons. The minimum Gasteiger partial charge on any atom is -0.478 e. The van der Waals surface area contributed by atoms with Crippen LogP contribution in [0.15, 0.2) is 11.1 Å². The van der Waals surface area contributed by atoms with Crippen LogP contribution in [0.25, 0.3) is 0 Å². The van der Waals surface area contributed by atoms with Crippen molar-refractivity contribution in [3.05, 3.63) is 11.1 Å². The van der Waals surface area contributed by atoms with Gasteiger partial charge in [0.15, 0.2) is 0 Å². The lowest BCUT2D eigenvalue weighted by Gasteiger charge is -2.09. The molecule has 0 aliphatic carbocycles. The molecule has 0 rings (SSSR count). The van der Waals surface area contributed by atoms with Crippen LogP contribution in [0, 0.1) is 0 Å². The molecule has 0 saturated heterocycles. The average molecular weight is 341 g/mol. The highest BCUT2D eigenvalue weighted by atomic mass is 16.4. The molecule has 0 amide bonds. The highest BCUT2D eigenvalue weighted by Crippen LogP contribution is 2.21. The number of unbranched alkanes of at least 4 members (excludes halogenated alkanes) is 10. The molecule has 0 aromatic rings. The Hall–Kier alpha value is -1.32. The van der Waals surface area contributed by atoms with Gasteiger partial charge in [-0.05, 0) is 25.7 Å². The number of carboxylic acid groups (broad SMARTS) is 2. The van der Waals surface area contributed by atoms with Gasteiger partial charge < -0.3 is 10.2 Å². The van der Waals surface area contributed by atoms with E-state index in [4.69, 9.17) is 0 Å². The lowest BCUT2D eigenvalue weighted by atomic mass is 9.96. The Kier molecular flexibility index (Phi) is 14.4. The Morgan fingerprint density at radius 1 is 0.542 bits per heavy atom. The van der Waals surface area contributed by atoms with Crippen LogP contribution in [0.4, 0.5) is 0 Å². The SMILES string of the molecule is CCCCCCCCCC/C(C(=O)O)=C(\CCCCCC)C(=O)O. The van der Waals surface area contributed by atoms with Gasteiger partial charge in [-0.1, -0.05) is 78.1 Å². The van der Waals surface area contributed by atoms with Crippen molar-refractivity contribution in [2.24, 2.45) is 0 Å². The molecule has 4 nitrogen and oxygen atoms in total. The van der Waals surface area contributed by atoms with Gasteiger partial charge in [0.25, 0.3) is 0 Å². The Labute approximate surface area is 147 Å². The number of rotatable bonds is 16. The first-order valence-corrected chi connectivity index (χ1v) is 9.73. The van der Waals surface area contributed by atoms with Crippen LogP contribution in [-0.2, 0) is 9.59 Å². The summed E-state index contributed by atoms with van der Waals surface area (Å²) in [6.45, 7) is 4.29. The normalized spacial score (nSPS) is 12.1. The van der Waals surface area contributed by atoms with Gasteiger partial charge in [-0.15, -0.1) is 0 Å². The minimum atomic E-state index is -1.07. The smallest absolute Gasteiger partial charge is 0.332 e. The first kappa shape index (κ1) is 22.7. The summed E-state index contributed by atoms with van der Waals surface area (Å²) in [7, 11) is 0. The van der Waals surface area contributed by atoms with Crippen molar-refractivity contribution in [2.45, 2.75) is 104 Å². The van der Waals surface area contributed by atoms with Crippen LogP contribution in [0.5, 0.6) is 0 Å². The van der Waals surface area contributed by atoms with Crippen LogP contribution >= 0.6 is 0 Å². The van der Waals surface area contributed by atoms with Crippen LogP contribution < -0.4 is 0 Å². The highest BCUT2D eigenvalue weighted by Gasteiger charge is 2.19. The number of carbonyl (C=O) groups is 2. The van der Waals surface area contributed by atoms with Gasteiger partial charge in [0, 0.05) is 11.1 Å². The van der Waals surface area contributed by atoms with Crippen molar-refractivity contribution in [3.63, 3.8) is 0 Å². The predicted octanol–water partition coefficient (Wildman–Crippen LogP) is 5.95. The van der Waals surface area contributed by atoms with E-state index in [1.54, 1.807) is 0 Å². The van der Waals surface area contributed by atoms with Crippen LogP contribution in [0.3, 0.4) is 0 Å². The fourth-order valence-corrected chi connectivity index (χ4v) is 2.94. The Morgan fingerprint density at radius 2 is 0.833 bits per heavy atom. The summed E-state index contributed by atoms with van der Waals surface area (Å²) in [4.78, 5) is 22.9. The summed E-state index contributed by atoms with van der Waals surface area (Å²) in [5.41, 5.74) is 0.228. The molecule has 0 aliphatic heterocycles. The summed E-state index contributed by atoms with van der Waals surface area (Å²) in [6.07, 6.45) is 13.7. The molecule has 0 atom stereocenters. The molecular weight excluding hydrogens is 304 g/mol. The van der Waals surface area contributed by atoms with Crippen LogP contribution in [0.2, 0.25) is 0 Å². The van der Waals surface area contributed by atoms with Gasteiger partial charge >= 0.3 is 11.9 Å². The van der Waals surface area contributed by atoms with E-state index in [1.165, 1.54) is 32.1 Å². The molecule has 4 heteroatoms. The van der Waals surface area contributed by atoms with E-state index in [2.05, 4.69) is 13.8 Å². The molecule has 0 heterocycles. The lowest BCUT2D eigenvalue weighted by Crippen LogP contribution is -2.12. The third-order valence-electron chi connectivity index (χ3n) is 4.44. The van der Waals surface area contributed by atoms with E-state index in [0.29, 0.717) is 12.8 Å². The van der Waals surface area contributed by atoms with Gasteiger partial charge in [0.2, 0.25) is 0 Å². The van der Waals surface area contributed by atoms with E-state index in [9.17, 15) is 19.8 Å². The summed E-state index contributed by atoms with van der Waals surface area (Å²) in [5.74, 6) is -2.13. The summed E-state index contributed by atoms with van der Waals surface area (Å²) >= 11 is 0. The average Bonchev–Trinajstić information content (AvgIpc) is 2.54. The molecule has 140 valence electrons. The second kappa shape index (κ2) is 15.2. The van der Waals surface area contributed by atoms with Crippen molar-refractivity contribution in [3.8, 4) is 0 Å². The van der Waals surface area contributed by atoms with Gasteiger partial charge in [0.05, 0.1) is 0 Å². The first-order chi connectivity index (χ1) is 11.5. The lowest BCUT2D eigenvalue weighted by molar-refractivity contribution is -0.136. The minimum absolute atomic E-state index is 0.113. The fourth-order valence-electron chi connectivity index (χ4n) is 2.94. The zero-order chi connectivity index (χ0) is 18.2. The number of hydrogen-bond acceptors (Lipinski definition) is 2. The van der Waals surface area contributed by atoms with Gasteiger partial charge in [-0.25, -0.2) is 9.59 Å². The molecular formula is C20H36O4. The van der Waals surface area contributed by atoms with E-state index < -0.39 is 11.9 Å². The van der Waals surface area contributed by atoms with Gasteiger partial charge in [-0.3, -0.25) is 0 Å². The van der Waals surface area contributed by atoms with Crippen LogP contribution in [0.1, 0.15) is 104 Å². The topological polar surface area (TPSA) is 74.6 Å².